The van der Waals surface area contributed by atoms with Gasteiger partial charge in [0, 0.05) is 23.4 Å². The number of hydrogen-bond donors (Lipinski definition) is 4. The highest BCUT2D eigenvalue weighted by molar-refractivity contribution is 6.34. The lowest BCUT2D eigenvalue weighted by Gasteiger charge is -2.12. The zero-order valence-corrected chi connectivity index (χ0v) is 18.4. The number of hydrazine groups is 1. The Labute approximate surface area is 190 Å². The van der Waals surface area contributed by atoms with E-state index in [-0.39, 0.29) is 42.2 Å². The van der Waals surface area contributed by atoms with Crippen molar-refractivity contribution in [3.8, 4) is 0 Å². The number of amides is 3. The number of nitrogens with zero attached hydrogens (tertiary/aromatic N) is 1. The quantitative estimate of drug-likeness (QED) is 0.115. The topological polar surface area (TPSA) is 143 Å². The van der Waals surface area contributed by atoms with Crippen molar-refractivity contribution in [2.24, 2.45) is 10.9 Å². The molecule has 0 unspecified atom stereocenters. The number of hydrazone groups is 1. The van der Waals surface area contributed by atoms with Crippen molar-refractivity contribution in [3.05, 3.63) is 65.0 Å². The monoisotopic (exact) mass is 455 g/mol. The molecule has 2 rings (SSSR count). The standard InChI is InChI=1S/C23H26FN5O4/c1-14-5-3-6-15(2)21(14)26-20(31)8-4-7-18(28-29-23(33)22(32)27-25)13-19(30)16-9-11-17(24)12-10-16/h3,5-6,9-12H,4,7-8,13,25H2,1-2H3,(H,26,31)(H,27,32)(H,29,33). The third kappa shape index (κ3) is 7.93. The van der Waals surface area contributed by atoms with Crippen LogP contribution in [0.15, 0.2) is 47.6 Å². The van der Waals surface area contributed by atoms with Gasteiger partial charge in [0.05, 0.1) is 6.42 Å². The summed E-state index contributed by atoms with van der Waals surface area (Å²) in [6.07, 6.45) is 0.506. The molecule has 0 spiro atoms. The SMILES string of the molecule is Cc1cccc(C)c1NC(=O)CCCC(CC(=O)c1ccc(F)cc1)=NNC(=O)C(=O)NN. The second kappa shape index (κ2) is 12.2. The first-order chi connectivity index (χ1) is 15.7. The minimum Gasteiger partial charge on any atom is -0.326 e. The lowest BCUT2D eigenvalue weighted by Crippen LogP contribution is -2.41. The van der Waals surface area contributed by atoms with E-state index in [1.807, 2.05) is 37.5 Å². The highest BCUT2D eigenvalue weighted by Gasteiger charge is 2.15. The average molecular weight is 455 g/mol. The van der Waals surface area contributed by atoms with Crippen molar-refractivity contribution in [2.45, 2.75) is 39.5 Å². The number of rotatable bonds is 9. The molecule has 2 aromatic carbocycles. The Balaban J connectivity index is 2.02. The molecule has 10 heteroatoms. The molecule has 0 aromatic heterocycles. The van der Waals surface area contributed by atoms with E-state index in [1.54, 1.807) is 5.43 Å². The second-order valence-corrected chi connectivity index (χ2v) is 7.37. The van der Waals surface area contributed by atoms with Crippen LogP contribution in [0, 0.1) is 19.7 Å². The minimum atomic E-state index is -1.10. The summed E-state index contributed by atoms with van der Waals surface area (Å²) in [6, 6.07) is 10.7. The van der Waals surface area contributed by atoms with Crippen molar-refractivity contribution in [1.29, 1.82) is 0 Å². The summed E-state index contributed by atoms with van der Waals surface area (Å²) in [6.45, 7) is 3.79. The largest absolute Gasteiger partial charge is 0.330 e. The van der Waals surface area contributed by atoms with Gasteiger partial charge in [-0.25, -0.2) is 15.7 Å². The van der Waals surface area contributed by atoms with Gasteiger partial charge in [0.25, 0.3) is 0 Å². The number of para-hydroxylation sites is 1. The van der Waals surface area contributed by atoms with Crippen LogP contribution in [0.4, 0.5) is 10.1 Å². The smallest absolute Gasteiger partial charge is 0.326 e. The number of Topliss-reactive ketones (excluding diaryl/α,β-unsaturated/α-hetero) is 1. The summed E-state index contributed by atoms with van der Waals surface area (Å²) in [5.74, 6) is 1.67. The number of anilines is 1. The molecule has 3 amide bonds. The molecule has 0 aliphatic rings. The Hall–Kier alpha value is -3.92. The predicted octanol–water partition coefficient (Wildman–Crippen LogP) is 2.29. The summed E-state index contributed by atoms with van der Waals surface area (Å²) in [4.78, 5) is 47.8. The van der Waals surface area contributed by atoms with Gasteiger partial charge >= 0.3 is 11.8 Å². The first-order valence-corrected chi connectivity index (χ1v) is 10.2. The molecule has 33 heavy (non-hydrogen) atoms. The van der Waals surface area contributed by atoms with Crippen LogP contribution in [0.5, 0.6) is 0 Å². The maximum atomic E-state index is 13.1. The molecular weight excluding hydrogens is 429 g/mol. The van der Waals surface area contributed by atoms with Crippen LogP contribution in [0.1, 0.15) is 47.2 Å². The lowest BCUT2D eigenvalue weighted by atomic mass is 10.0. The van der Waals surface area contributed by atoms with Gasteiger partial charge in [0.2, 0.25) is 5.91 Å². The number of aryl methyl sites for hydroxylation is 2. The number of benzene rings is 2. The number of nitrogens with one attached hydrogen (secondary N) is 3. The van der Waals surface area contributed by atoms with E-state index >= 15 is 0 Å². The molecule has 5 N–H and O–H groups in total. The van der Waals surface area contributed by atoms with Gasteiger partial charge in [0.1, 0.15) is 5.82 Å². The fourth-order valence-corrected chi connectivity index (χ4v) is 3.02. The maximum Gasteiger partial charge on any atom is 0.330 e. The molecule has 0 aliphatic heterocycles. The molecule has 0 radical (unpaired) electrons. The Morgan fingerprint density at radius 3 is 2.18 bits per heavy atom. The van der Waals surface area contributed by atoms with Gasteiger partial charge in [0.15, 0.2) is 5.78 Å². The van der Waals surface area contributed by atoms with Gasteiger partial charge in [-0.2, -0.15) is 5.10 Å². The molecule has 174 valence electrons. The number of hydrogen-bond acceptors (Lipinski definition) is 6. The third-order valence-corrected chi connectivity index (χ3v) is 4.80. The zero-order valence-electron chi connectivity index (χ0n) is 18.4. The van der Waals surface area contributed by atoms with Crippen molar-refractivity contribution in [1.82, 2.24) is 10.9 Å². The summed E-state index contributed by atoms with van der Waals surface area (Å²) < 4.78 is 13.1. The maximum absolute atomic E-state index is 13.1. The molecule has 0 fully saturated rings. The van der Waals surface area contributed by atoms with E-state index in [1.165, 1.54) is 12.1 Å². The van der Waals surface area contributed by atoms with Crippen LogP contribution in [0.2, 0.25) is 0 Å². The number of carbonyl (C=O) groups excluding carboxylic acids is 4. The molecule has 0 saturated carbocycles. The third-order valence-electron chi connectivity index (χ3n) is 4.80. The Morgan fingerprint density at radius 2 is 1.58 bits per heavy atom. The van der Waals surface area contributed by atoms with Gasteiger partial charge in [-0.15, -0.1) is 0 Å². The normalized spacial score (nSPS) is 11.0. The van der Waals surface area contributed by atoms with Gasteiger partial charge in [-0.05, 0) is 62.1 Å². The van der Waals surface area contributed by atoms with Crippen LogP contribution >= 0.6 is 0 Å². The Kier molecular flexibility index (Phi) is 9.37. The zero-order chi connectivity index (χ0) is 24.4. The molecular formula is C23H26FN5O4. The second-order valence-electron chi connectivity index (χ2n) is 7.37. The van der Waals surface area contributed by atoms with Gasteiger partial charge < -0.3 is 5.32 Å². The first kappa shape index (κ1) is 25.3. The van der Waals surface area contributed by atoms with Crippen LogP contribution < -0.4 is 22.0 Å². The van der Waals surface area contributed by atoms with Crippen LogP contribution in [-0.2, 0) is 14.4 Å². The first-order valence-electron chi connectivity index (χ1n) is 10.2. The fourth-order valence-electron chi connectivity index (χ4n) is 3.02. The van der Waals surface area contributed by atoms with E-state index in [2.05, 4.69) is 10.4 Å². The summed E-state index contributed by atoms with van der Waals surface area (Å²) >= 11 is 0. The minimum absolute atomic E-state index is 0.148. The summed E-state index contributed by atoms with van der Waals surface area (Å²) in [5.41, 5.74) is 6.87. The highest BCUT2D eigenvalue weighted by Crippen LogP contribution is 2.20. The van der Waals surface area contributed by atoms with E-state index in [0.717, 1.165) is 28.9 Å². The number of nitrogens with two attached hydrogens (primary N) is 1. The van der Waals surface area contributed by atoms with Crippen molar-refractivity contribution >= 4 is 34.9 Å². The molecule has 0 atom stereocenters. The number of ketones is 1. The highest BCUT2D eigenvalue weighted by atomic mass is 19.1. The van der Waals surface area contributed by atoms with Crippen LogP contribution in [0.25, 0.3) is 0 Å². The summed E-state index contributed by atoms with van der Waals surface area (Å²) in [7, 11) is 0. The molecule has 9 nitrogen and oxygen atoms in total. The van der Waals surface area contributed by atoms with Gasteiger partial charge in [-0.3, -0.25) is 24.6 Å². The predicted molar refractivity (Wildman–Crippen MR) is 122 cm³/mol. The fraction of sp³-hybridized carbons (Fsp3) is 0.261. The van der Waals surface area contributed by atoms with E-state index in [0.29, 0.717) is 6.42 Å². The molecule has 0 aliphatic carbocycles. The molecule has 0 saturated heterocycles. The van der Waals surface area contributed by atoms with E-state index in [4.69, 9.17) is 5.84 Å². The number of halogens is 1. The van der Waals surface area contributed by atoms with Crippen molar-refractivity contribution in [2.75, 3.05) is 5.32 Å². The Morgan fingerprint density at radius 1 is 0.939 bits per heavy atom. The molecule has 0 bridgehead atoms. The molecule has 2 aromatic rings. The molecule has 0 heterocycles. The van der Waals surface area contributed by atoms with Crippen LogP contribution in [-0.4, -0.2) is 29.2 Å². The van der Waals surface area contributed by atoms with E-state index < -0.39 is 17.6 Å². The summed E-state index contributed by atoms with van der Waals surface area (Å²) in [5, 5.41) is 6.74. The Bertz CT molecular complexity index is 1050. The lowest BCUT2D eigenvalue weighted by molar-refractivity contribution is -0.139. The van der Waals surface area contributed by atoms with Gasteiger partial charge in [-0.1, -0.05) is 18.2 Å². The van der Waals surface area contributed by atoms with Crippen molar-refractivity contribution < 1.29 is 23.6 Å². The average Bonchev–Trinajstić information content (AvgIpc) is 2.79. The van der Waals surface area contributed by atoms with E-state index in [9.17, 15) is 23.6 Å². The van der Waals surface area contributed by atoms with Crippen LogP contribution in [0.3, 0.4) is 0 Å². The van der Waals surface area contributed by atoms with Crippen molar-refractivity contribution in [3.63, 3.8) is 0 Å². The number of carbonyl (C=O) groups is 4.